The smallest absolute Gasteiger partial charge is 0.259 e. The van der Waals surface area contributed by atoms with Gasteiger partial charge in [0, 0.05) is 17.4 Å². The third-order valence-corrected chi connectivity index (χ3v) is 5.39. The largest absolute Gasteiger partial charge is 0.497 e. The Morgan fingerprint density at radius 1 is 0.971 bits per heavy atom. The maximum atomic E-state index is 13.4. The molecule has 0 fully saturated rings. The second-order valence-electron chi connectivity index (χ2n) is 7.61. The number of hydrogen-bond acceptors (Lipinski definition) is 6. The van der Waals surface area contributed by atoms with Crippen molar-refractivity contribution >= 4 is 11.6 Å². The summed E-state index contributed by atoms with van der Waals surface area (Å²) >= 11 is 0. The van der Waals surface area contributed by atoms with E-state index < -0.39 is 0 Å². The number of hydrogen-bond donors (Lipinski definition) is 1. The molecule has 0 atom stereocenters. The van der Waals surface area contributed by atoms with E-state index in [0.717, 1.165) is 28.3 Å². The van der Waals surface area contributed by atoms with E-state index in [0.29, 0.717) is 16.9 Å². The molecule has 0 spiro atoms. The topological polar surface area (TPSA) is 99.8 Å². The minimum atomic E-state index is -0.262. The van der Waals surface area contributed by atoms with Gasteiger partial charge in [0.05, 0.1) is 24.0 Å². The van der Waals surface area contributed by atoms with E-state index in [-0.39, 0.29) is 5.91 Å². The lowest BCUT2D eigenvalue weighted by atomic mass is 10.1. The lowest BCUT2D eigenvalue weighted by Gasteiger charge is -2.09. The van der Waals surface area contributed by atoms with Gasteiger partial charge in [0.15, 0.2) is 0 Å². The van der Waals surface area contributed by atoms with Crippen LogP contribution < -0.4 is 10.1 Å². The molecule has 1 amide bonds. The zero-order valence-corrected chi connectivity index (χ0v) is 18.6. The number of methoxy groups -OCH3 is 1. The van der Waals surface area contributed by atoms with Crippen LogP contribution in [0, 0.1) is 6.92 Å². The molecule has 0 bridgehead atoms. The van der Waals surface area contributed by atoms with E-state index >= 15 is 0 Å². The molecule has 0 saturated carbocycles. The van der Waals surface area contributed by atoms with Crippen molar-refractivity contribution in [3.63, 3.8) is 0 Å². The Morgan fingerprint density at radius 3 is 2.44 bits per heavy atom. The number of aryl methyl sites for hydroxylation is 1. The molecule has 5 rings (SSSR count). The van der Waals surface area contributed by atoms with E-state index in [1.807, 2.05) is 79.7 Å². The molecule has 9 nitrogen and oxygen atoms in total. The number of carbonyl (C=O) groups is 1. The minimum Gasteiger partial charge on any atom is -0.497 e. The SMILES string of the molecule is COc1ccc(-c2nn(-c3ccccc3)cc2C(=O)Nc2ccc(-n3cnnn3)c(C)c2)cc1. The predicted molar refractivity (Wildman–Crippen MR) is 127 cm³/mol. The van der Waals surface area contributed by atoms with E-state index in [1.54, 1.807) is 22.7 Å². The molecular formula is C25H21N7O2. The standard InChI is InChI=1S/C25H21N7O2/c1-17-14-19(10-13-23(17)32-16-26-29-30-32)27-25(33)22-15-31(20-6-4-3-5-7-20)28-24(22)18-8-11-21(34-2)12-9-18/h3-16H,1-2H3,(H,27,33). The van der Waals surface area contributed by atoms with E-state index in [2.05, 4.69) is 20.8 Å². The second-order valence-corrected chi connectivity index (χ2v) is 7.61. The molecule has 2 heterocycles. The average molecular weight is 451 g/mol. The molecule has 0 unspecified atom stereocenters. The molecule has 1 N–H and O–H groups in total. The first-order chi connectivity index (χ1) is 16.6. The number of nitrogens with zero attached hydrogens (tertiary/aromatic N) is 6. The number of benzene rings is 3. The first kappa shape index (κ1) is 21.1. The fourth-order valence-corrected chi connectivity index (χ4v) is 3.68. The Balaban J connectivity index is 1.49. The van der Waals surface area contributed by atoms with Crippen molar-refractivity contribution in [2.24, 2.45) is 0 Å². The van der Waals surface area contributed by atoms with Gasteiger partial charge in [-0.1, -0.05) is 18.2 Å². The van der Waals surface area contributed by atoms with Crippen molar-refractivity contribution in [1.29, 1.82) is 0 Å². The molecule has 0 aliphatic heterocycles. The van der Waals surface area contributed by atoms with Crippen molar-refractivity contribution < 1.29 is 9.53 Å². The Kier molecular flexibility index (Phi) is 5.57. The zero-order valence-electron chi connectivity index (χ0n) is 18.6. The van der Waals surface area contributed by atoms with Crippen molar-refractivity contribution in [3.05, 3.63) is 96.4 Å². The van der Waals surface area contributed by atoms with Gasteiger partial charge in [0.25, 0.3) is 5.91 Å². The number of aromatic nitrogens is 6. The van der Waals surface area contributed by atoms with Gasteiger partial charge in [0.1, 0.15) is 17.8 Å². The van der Waals surface area contributed by atoms with Crippen LogP contribution in [-0.2, 0) is 0 Å². The van der Waals surface area contributed by atoms with Gasteiger partial charge >= 0.3 is 0 Å². The summed E-state index contributed by atoms with van der Waals surface area (Å²) < 4.78 is 8.55. The van der Waals surface area contributed by atoms with Crippen molar-refractivity contribution in [1.82, 2.24) is 30.0 Å². The van der Waals surface area contributed by atoms with Crippen molar-refractivity contribution in [2.75, 3.05) is 12.4 Å². The highest BCUT2D eigenvalue weighted by Crippen LogP contribution is 2.27. The maximum absolute atomic E-state index is 13.4. The quantitative estimate of drug-likeness (QED) is 0.418. The van der Waals surface area contributed by atoms with E-state index in [9.17, 15) is 4.79 Å². The van der Waals surface area contributed by atoms with Crippen LogP contribution >= 0.6 is 0 Å². The average Bonchev–Trinajstić information content (AvgIpc) is 3.56. The molecule has 0 aliphatic carbocycles. The van der Waals surface area contributed by atoms with Crippen LogP contribution in [0.3, 0.4) is 0 Å². The summed E-state index contributed by atoms with van der Waals surface area (Å²) in [5.41, 5.74) is 5.11. The molecule has 0 radical (unpaired) electrons. The van der Waals surface area contributed by atoms with Crippen LogP contribution in [0.15, 0.2) is 85.3 Å². The monoisotopic (exact) mass is 451 g/mol. The Hall–Kier alpha value is -4.79. The summed E-state index contributed by atoms with van der Waals surface area (Å²) in [6.07, 6.45) is 3.27. The number of ether oxygens (including phenoxy) is 1. The van der Waals surface area contributed by atoms with Crippen LogP contribution in [0.4, 0.5) is 5.69 Å². The van der Waals surface area contributed by atoms with E-state index in [4.69, 9.17) is 9.84 Å². The van der Waals surface area contributed by atoms with Gasteiger partial charge in [-0.25, -0.2) is 9.36 Å². The Labute approximate surface area is 195 Å². The number of amides is 1. The second kappa shape index (κ2) is 8.99. The van der Waals surface area contributed by atoms with Crippen LogP contribution in [0.1, 0.15) is 15.9 Å². The third kappa shape index (κ3) is 4.14. The van der Waals surface area contributed by atoms with Crippen molar-refractivity contribution in [3.8, 4) is 28.4 Å². The minimum absolute atomic E-state index is 0.262. The van der Waals surface area contributed by atoms with Crippen LogP contribution in [0.5, 0.6) is 5.75 Å². The molecular weight excluding hydrogens is 430 g/mol. The van der Waals surface area contributed by atoms with E-state index in [1.165, 1.54) is 6.33 Å². The first-order valence-electron chi connectivity index (χ1n) is 10.6. The fourth-order valence-electron chi connectivity index (χ4n) is 3.68. The van der Waals surface area contributed by atoms with Crippen LogP contribution in [0.25, 0.3) is 22.6 Å². The highest BCUT2D eigenvalue weighted by molar-refractivity contribution is 6.08. The highest BCUT2D eigenvalue weighted by atomic mass is 16.5. The lowest BCUT2D eigenvalue weighted by molar-refractivity contribution is 0.102. The number of anilines is 1. The molecule has 2 aromatic heterocycles. The third-order valence-electron chi connectivity index (χ3n) is 5.39. The number of nitrogens with one attached hydrogen (secondary N) is 1. The Bertz CT molecular complexity index is 1430. The number of para-hydroxylation sites is 1. The summed E-state index contributed by atoms with van der Waals surface area (Å²) in [4.78, 5) is 13.4. The highest BCUT2D eigenvalue weighted by Gasteiger charge is 2.19. The summed E-state index contributed by atoms with van der Waals surface area (Å²) in [6, 6.07) is 22.7. The van der Waals surface area contributed by atoms with Gasteiger partial charge in [-0.15, -0.1) is 5.10 Å². The number of rotatable bonds is 6. The summed E-state index contributed by atoms with van der Waals surface area (Å²) in [5.74, 6) is 0.470. The summed E-state index contributed by atoms with van der Waals surface area (Å²) in [6.45, 7) is 1.93. The zero-order chi connectivity index (χ0) is 23.5. The summed E-state index contributed by atoms with van der Waals surface area (Å²) in [5, 5.41) is 19.0. The molecule has 0 aliphatic rings. The van der Waals surface area contributed by atoms with Gasteiger partial charge in [0.2, 0.25) is 0 Å². The lowest BCUT2D eigenvalue weighted by Crippen LogP contribution is -2.12. The molecule has 9 heteroatoms. The number of carbonyl (C=O) groups excluding carboxylic acids is 1. The first-order valence-corrected chi connectivity index (χ1v) is 10.6. The molecule has 168 valence electrons. The molecule has 0 saturated heterocycles. The molecule has 34 heavy (non-hydrogen) atoms. The van der Waals surface area contributed by atoms with Gasteiger partial charge in [-0.2, -0.15) is 5.10 Å². The maximum Gasteiger partial charge on any atom is 0.259 e. The Morgan fingerprint density at radius 2 is 1.76 bits per heavy atom. The van der Waals surface area contributed by atoms with Gasteiger partial charge in [-0.3, -0.25) is 4.79 Å². The van der Waals surface area contributed by atoms with Crippen LogP contribution in [-0.4, -0.2) is 43.0 Å². The molecule has 5 aromatic rings. The van der Waals surface area contributed by atoms with Gasteiger partial charge in [-0.05, 0) is 77.5 Å². The molecule has 3 aromatic carbocycles. The number of tetrazole rings is 1. The fraction of sp³-hybridized carbons (Fsp3) is 0.0800. The van der Waals surface area contributed by atoms with Crippen molar-refractivity contribution in [2.45, 2.75) is 6.92 Å². The van der Waals surface area contributed by atoms with Gasteiger partial charge < -0.3 is 10.1 Å². The normalized spacial score (nSPS) is 10.8. The predicted octanol–water partition coefficient (Wildman–Crippen LogP) is 4.08. The summed E-state index contributed by atoms with van der Waals surface area (Å²) in [7, 11) is 1.62. The van der Waals surface area contributed by atoms with Crippen LogP contribution in [0.2, 0.25) is 0 Å².